The fourth-order valence-electron chi connectivity index (χ4n) is 2.54. The summed E-state index contributed by atoms with van der Waals surface area (Å²) < 4.78 is 5.61. The molecule has 19 heavy (non-hydrogen) atoms. The van der Waals surface area contributed by atoms with Gasteiger partial charge in [-0.25, -0.2) is 0 Å². The summed E-state index contributed by atoms with van der Waals surface area (Å²) in [6.07, 6.45) is 2.27. The van der Waals surface area contributed by atoms with Gasteiger partial charge in [-0.2, -0.15) is 0 Å². The molecular formula is C17H23NO. The second-order valence-corrected chi connectivity index (χ2v) is 5.14. The van der Waals surface area contributed by atoms with Crippen molar-refractivity contribution < 1.29 is 4.42 Å². The van der Waals surface area contributed by atoms with Crippen molar-refractivity contribution in [3.63, 3.8) is 0 Å². The average molecular weight is 257 g/mol. The van der Waals surface area contributed by atoms with Crippen LogP contribution in [0.4, 0.5) is 5.69 Å². The quantitative estimate of drug-likeness (QED) is 0.813. The number of aryl methyl sites for hydroxylation is 3. The summed E-state index contributed by atoms with van der Waals surface area (Å²) in [4.78, 5) is 0. The van der Waals surface area contributed by atoms with Gasteiger partial charge in [-0.15, -0.1) is 0 Å². The molecule has 2 rings (SSSR count). The molecule has 0 aliphatic heterocycles. The molecule has 0 radical (unpaired) electrons. The van der Waals surface area contributed by atoms with Crippen LogP contribution in [0.25, 0.3) is 0 Å². The van der Waals surface area contributed by atoms with Crippen molar-refractivity contribution in [2.45, 2.75) is 46.6 Å². The second-order valence-electron chi connectivity index (χ2n) is 5.14. The van der Waals surface area contributed by atoms with Crippen LogP contribution < -0.4 is 5.32 Å². The first kappa shape index (κ1) is 13.7. The molecule has 0 aliphatic carbocycles. The third kappa shape index (κ3) is 3.19. The first-order valence-electron chi connectivity index (χ1n) is 7.03. The Morgan fingerprint density at radius 2 is 1.95 bits per heavy atom. The molecule has 102 valence electrons. The summed E-state index contributed by atoms with van der Waals surface area (Å²) in [5, 5.41) is 3.61. The summed E-state index contributed by atoms with van der Waals surface area (Å²) in [6, 6.07) is 10.9. The van der Waals surface area contributed by atoms with Gasteiger partial charge in [0, 0.05) is 11.3 Å². The lowest BCUT2D eigenvalue weighted by molar-refractivity contribution is 0.500. The topological polar surface area (TPSA) is 25.2 Å². The Hall–Kier alpha value is -1.70. The molecular weight excluding hydrogens is 234 g/mol. The highest BCUT2D eigenvalue weighted by molar-refractivity contribution is 5.52. The van der Waals surface area contributed by atoms with Gasteiger partial charge >= 0.3 is 0 Å². The van der Waals surface area contributed by atoms with E-state index in [1.165, 1.54) is 16.8 Å². The molecule has 0 fully saturated rings. The molecule has 1 aromatic heterocycles. The van der Waals surface area contributed by atoms with E-state index in [1.54, 1.807) is 0 Å². The molecule has 0 aliphatic rings. The molecule has 0 bridgehead atoms. The van der Waals surface area contributed by atoms with Crippen LogP contribution in [0, 0.1) is 13.8 Å². The SMILES string of the molecule is CCCc1ccccc1NC(C)c1cc(C)oc1C. The highest BCUT2D eigenvalue weighted by atomic mass is 16.3. The number of hydrogen-bond donors (Lipinski definition) is 1. The van der Waals surface area contributed by atoms with Crippen molar-refractivity contribution in [2.75, 3.05) is 5.32 Å². The largest absolute Gasteiger partial charge is 0.466 e. The summed E-state index contributed by atoms with van der Waals surface area (Å²) in [5.74, 6) is 1.98. The molecule has 1 aromatic carbocycles. The van der Waals surface area contributed by atoms with E-state index < -0.39 is 0 Å². The van der Waals surface area contributed by atoms with Gasteiger partial charge in [0.1, 0.15) is 11.5 Å². The van der Waals surface area contributed by atoms with E-state index in [9.17, 15) is 0 Å². The average Bonchev–Trinajstić information content (AvgIpc) is 2.71. The van der Waals surface area contributed by atoms with E-state index >= 15 is 0 Å². The summed E-state index contributed by atoms with van der Waals surface area (Å²) >= 11 is 0. The number of hydrogen-bond acceptors (Lipinski definition) is 2. The first-order chi connectivity index (χ1) is 9.11. The summed E-state index contributed by atoms with van der Waals surface area (Å²) in [6.45, 7) is 8.41. The lowest BCUT2D eigenvalue weighted by Crippen LogP contribution is -2.08. The predicted molar refractivity (Wildman–Crippen MR) is 80.7 cm³/mol. The maximum atomic E-state index is 5.61. The van der Waals surface area contributed by atoms with Crippen LogP contribution in [0.5, 0.6) is 0 Å². The Bertz CT molecular complexity index is 542. The van der Waals surface area contributed by atoms with E-state index in [4.69, 9.17) is 4.42 Å². The van der Waals surface area contributed by atoms with Crippen LogP contribution in [0.2, 0.25) is 0 Å². The standard InChI is InChI=1S/C17H23NO/c1-5-8-15-9-6-7-10-17(15)18-13(3)16-11-12(2)19-14(16)4/h6-7,9-11,13,18H,5,8H2,1-4H3. The van der Waals surface area contributed by atoms with Gasteiger partial charge in [0.15, 0.2) is 0 Å². The molecule has 2 nitrogen and oxygen atoms in total. The Morgan fingerprint density at radius 3 is 2.58 bits per heavy atom. The third-order valence-corrected chi connectivity index (χ3v) is 3.45. The Balaban J connectivity index is 2.19. The molecule has 0 saturated carbocycles. The van der Waals surface area contributed by atoms with Crippen LogP contribution in [-0.2, 0) is 6.42 Å². The van der Waals surface area contributed by atoms with Crippen molar-refractivity contribution in [1.82, 2.24) is 0 Å². The smallest absolute Gasteiger partial charge is 0.106 e. The van der Waals surface area contributed by atoms with Crippen LogP contribution in [0.15, 0.2) is 34.7 Å². The van der Waals surface area contributed by atoms with Gasteiger partial charge in [0.05, 0.1) is 6.04 Å². The molecule has 1 N–H and O–H groups in total. The molecule has 0 saturated heterocycles. The number of benzene rings is 1. The maximum Gasteiger partial charge on any atom is 0.106 e. The number of anilines is 1. The maximum absolute atomic E-state index is 5.61. The highest BCUT2D eigenvalue weighted by Crippen LogP contribution is 2.27. The Labute approximate surface area is 115 Å². The molecule has 2 heteroatoms. The lowest BCUT2D eigenvalue weighted by Gasteiger charge is -2.17. The van der Waals surface area contributed by atoms with E-state index in [-0.39, 0.29) is 6.04 Å². The number of para-hydroxylation sites is 1. The van der Waals surface area contributed by atoms with Crippen LogP contribution >= 0.6 is 0 Å². The normalized spacial score (nSPS) is 12.4. The zero-order valence-corrected chi connectivity index (χ0v) is 12.3. The van der Waals surface area contributed by atoms with Crippen LogP contribution in [-0.4, -0.2) is 0 Å². The van der Waals surface area contributed by atoms with Gasteiger partial charge in [-0.1, -0.05) is 31.5 Å². The zero-order chi connectivity index (χ0) is 13.8. The lowest BCUT2D eigenvalue weighted by atomic mass is 10.1. The molecule has 1 atom stereocenters. The monoisotopic (exact) mass is 257 g/mol. The minimum Gasteiger partial charge on any atom is -0.466 e. The predicted octanol–water partition coefficient (Wildman–Crippen LogP) is 5.02. The molecule has 1 heterocycles. The van der Waals surface area contributed by atoms with Gasteiger partial charge in [-0.05, 0) is 44.9 Å². The van der Waals surface area contributed by atoms with Crippen LogP contribution in [0.3, 0.4) is 0 Å². The number of furan rings is 1. The third-order valence-electron chi connectivity index (χ3n) is 3.45. The van der Waals surface area contributed by atoms with Gasteiger partial charge in [-0.3, -0.25) is 0 Å². The fourth-order valence-corrected chi connectivity index (χ4v) is 2.54. The Kier molecular flexibility index (Phi) is 4.31. The summed E-state index contributed by atoms with van der Waals surface area (Å²) in [5.41, 5.74) is 3.86. The van der Waals surface area contributed by atoms with Crippen molar-refractivity contribution in [3.05, 3.63) is 53.0 Å². The first-order valence-corrected chi connectivity index (χ1v) is 7.03. The minimum atomic E-state index is 0.260. The van der Waals surface area contributed by atoms with Crippen molar-refractivity contribution in [3.8, 4) is 0 Å². The van der Waals surface area contributed by atoms with E-state index in [0.29, 0.717) is 0 Å². The molecule has 2 aromatic rings. The summed E-state index contributed by atoms with van der Waals surface area (Å²) in [7, 11) is 0. The van der Waals surface area contributed by atoms with E-state index in [2.05, 4.69) is 49.5 Å². The van der Waals surface area contributed by atoms with Gasteiger partial charge in [0.2, 0.25) is 0 Å². The van der Waals surface area contributed by atoms with Gasteiger partial charge in [0.25, 0.3) is 0 Å². The molecule has 0 amide bonds. The van der Waals surface area contributed by atoms with Gasteiger partial charge < -0.3 is 9.73 Å². The van der Waals surface area contributed by atoms with Crippen molar-refractivity contribution in [1.29, 1.82) is 0 Å². The van der Waals surface area contributed by atoms with Crippen molar-refractivity contribution in [2.24, 2.45) is 0 Å². The highest BCUT2D eigenvalue weighted by Gasteiger charge is 2.13. The zero-order valence-electron chi connectivity index (χ0n) is 12.3. The number of rotatable bonds is 5. The van der Waals surface area contributed by atoms with E-state index in [1.807, 2.05) is 13.8 Å². The fraction of sp³-hybridized carbons (Fsp3) is 0.412. The molecule has 1 unspecified atom stereocenters. The second kappa shape index (κ2) is 5.96. The Morgan fingerprint density at radius 1 is 1.21 bits per heavy atom. The van der Waals surface area contributed by atoms with Crippen LogP contribution in [0.1, 0.15) is 49.0 Å². The van der Waals surface area contributed by atoms with Crippen molar-refractivity contribution >= 4 is 5.69 Å². The van der Waals surface area contributed by atoms with E-state index in [0.717, 1.165) is 24.4 Å². The minimum absolute atomic E-state index is 0.260. The molecule has 0 spiro atoms. The number of nitrogens with one attached hydrogen (secondary N) is 1.